The number of hydrogen-bond acceptors (Lipinski definition) is 8. The summed E-state index contributed by atoms with van der Waals surface area (Å²) in [6.07, 6.45) is 0. The lowest BCUT2D eigenvalue weighted by atomic mass is 9.83. The monoisotopic (exact) mass is 667 g/mol. The normalized spacial score (nSPS) is 19.0. The zero-order chi connectivity index (χ0) is 31.1. The number of nitrogens with one attached hydrogen (secondary N) is 1. The highest BCUT2D eigenvalue weighted by Gasteiger charge is 2.57. The van der Waals surface area contributed by atoms with Crippen molar-refractivity contribution in [1.29, 1.82) is 0 Å². The number of thiazole rings is 1. The minimum absolute atomic E-state index is 0.209. The Balaban J connectivity index is 1.41. The number of carbonyl (C=O) groups excluding carboxylic acids is 4. The van der Waals surface area contributed by atoms with Crippen molar-refractivity contribution in [3.63, 3.8) is 0 Å². The summed E-state index contributed by atoms with van der Waals surface area (Å²) in [6.45, 7) is 1.62. The molecule has 0 bridgehead atoms. The highest BCUT2D eigenvalue weighted by atomic mass is 35.5. The Kier molecular flexibility index (Phi) is 8.38. The van der Waals surface area contributed by atoms with Gasteiger partial charge in [0.1, 0.15) is 11.8 Å². The number of benzene rings is 3. The van der Waals surface area contributed by atoms with Crippen molar-refractivity contribution in [2.75, 3.05) is 16.8 Å². The molecule has 1 fully saturated rings. The number of para-hydroxylation sites is 1. The van der Waals surface area contributed by atoms with Crippen LogP contribution in [0, 0.1) is 5.92 Å². The van der Waals surface area contributed by atoms with E-state index in [9.17, 15) is 24.0 Å². The molecule has 9 nitrogen and oxygen atoms in total. The summed E-state index contributed by atoms with van der Waals surface area (Å²) in [5.41, 5.74) is 1.65. The van der Waals surface area contributed by atoms with Crippen LogP contribution in [0.1, 0.15) is 33.6 Å². The van der Waals surface area contributed by atoms with Gasteiger partial charge in [-0.25, -0.2) is 9.69 Å². The minimum Gasteiger partial charge on any atom is -0.462 e. The van der Waals surface area contributed by atoms with Crippen molar-refractivity contribution in [2.45, 2.75) is 29.7 Å². The number of aromatic nitrogens is 1. The molecule has 3 heterocycles. The molecule has 1 saturated heterocycles. The molecule has 224 valence electrons. The second-order valence-electron chi connectivity index (χ2n) is 10.0. The van der Waals surface area contributed by atoms with Crippen LogP contribution in [-0.4, -0.2) is 40.1 Å². The lowest BCUT2D eigenvalue weighted by Gasteiger charge is -2.31. The number of halogens is 2. The molecule has 3 atom stereocenters. The van der Waals surface area contributed by atoms with E-state index >= 15 is 0 Å². The van der Waals surface area contributed by atoms with Crippen molar-refractivity contribution >= 4 is 81.4 Å². The van der Waals surface area contributed by atoms with Crippen molar-refractivity contribution in [3.8, 4) is 0 Å². The van der Waals surface area contributed by atoms with Crippen LogP contribution in [0.2, 0.25) is 10.0 Å². The van der Waals surface area contributed by atoms with Gasteiger partial charge in [-0.15, -0.1) is 0 Å². The van der Waals surface area contributed by atoms with Gasteiger partial charge in [0, 0.05) is 16.5 Å². The van der Waals surface area contributed by atoms with Gasteiger partial charge in [0.25, 0.3) is 0 Å². The Bertz CT molecular complexity index is 1860. The van der Waals surface area contributed by atoms with Gasteiger partial charge in [-0.1, -0.05) is 76.6 Å². The number of thioether (sulfide) groups is 1. The van der Waals surface area contributed by atoms with Crippen molar-refractivity contribution < 1.29 is 23.9 Å². The van der Waals surface area contributed by atoms with Gasteiger partial charge in [-0.2, -0.15) is 0 Å². The zero-order valence-electron chi connectivity index (χ0n) is 23.0. The summed E-state index contributed by atoms with van der Waals surface area (Å²) in [7, 11) is 0. The second-order valence-corrected chi connectivity index (χ2v) is 12.9. The van der Waals surface area contributed by atoms with Gasteiger partial charge in [0.05, 0.1) is 38.8 Å². The molecule has 44 heavy (non-hydrogen) atoms. The van der Waals surface area contributed by atoms with Crippen LogP contribution in [-0.2, 0) is 25.7 Å². The number of amides is 3. The van der Waals surface area contributed by atoms with Gasteiger partial charge in [-0.05, 0) is 55.0 Å². The summed E-state index contributed by atoms with van der Waals surface area (Å²) >= 11 is 15.1. The number of rotatable bonds is 7. The first-order chi connectivity index (χ1) is 21.2. The first kappa shape index (κ1) is 30.1. The molecule has 1 aromatic heterocycles. The minimum atomic E-state index is -0.919. The van der Waals surface area contributed by atoms with Crippen LogP contribution < -0.4 is 15.1 Å². The van der Waals surface area contributed by atoms with E-state index in [1.807, 2.05) is 6.07 Å². The molecule has 3 amide bonds. The summed E-state index contributed by atoms with van der Waals surface area (Å²) in [5.74, 6) is -3.59. The Hall–Kier alpha value is -3.90. The molecule has 3 unspecified atom stereocenters. The fourth-order valence-electron chi connectivity index (χ4n) is 5.43. The average Bonchev–Trinajstić information content (AvgIpc) is 3.45. The average molecular weight is 669 g/mol. The number of fused-ring (bicyclic) bond motifs is 2. The molecule has 13 heteroatoms. The van der Waals surface area contributed by atoms with E-state index in [4.69, 9.17) is 27.9 Å². The van der Waals surface area contributed by atoms with Gasteiger partial charge in [-0.3, -0.25) is 23.7 Å². The lowest BCUT2D eigenvalue weighted by Crippen LogP contribution is -2.33. The topological polar surface area (TPSA) is 115 Å². The molecular weight excluding hydrogens is 645 g/mol. The van der Waals surface area contributed by atoms with Crippen molar-refractivity contribution in [1.82, 2.24) is 4.57 Å². The standard InChI is InChI=1S/C31H23Cl2N3O6S2/c1-2-42-30(40)16-11-13-18(14-12-16)36-27(38)23-22(19-9-6-10-20(32)24(19)33)26-29(43-25(23)28(36)39)35(31(41)44-26)15-21(37)34-17-7-4-3-5-8-17/h3-14,22-23,25H,2,15H2,1H3,(H,34,37). The number of esters is 1. The molecule has 2 aliphatic rings. The van der Waals surface area contributed by atoms with Crippen LogP contribution in [0.15, 0.2) is 82.6 Å². The number of ether oxygens (including phenoxy) is 1. The summed E-state index contributed by atoms with van der Waals surface area (Å²) in [5, 5.41) is 2.76. The van der Waals surface area contributed by atoms with Crippen molar-refractivity contribution in [2.24, 2.45) is 5.92 Å². The number of anilines is 2. The molecule has 6 rings (SSSR count). The molecule has 0 radical (unpaired) electrons. The molecule has 0 aliphatic carbocycles. The van der Waals surface area contributed by atoms with E-state index in [1.165, 1.54) is 28.8 Å². The van der Waals surface area contributed by atoms with Crippen molar-refractivity contribution in [3.05, 3.63) is 109 Å². The molecule has 1 N–H and O–H groups in total. The molecule has 3 aromatic carbocycles. The van der Waals surface area contributed by atoms with E-state index in [2.05, 4.69) is 5.32 Å². The van der Waals surface area contributed by atoms with Gasteiger partial charge >= 0.3 is 10.8 Å². The van der Waals surface area contributed by atoms with Crippen LogP contribution in [0.4, 0.5) is 11.4 Å². The lowest BCUT2D eigenvalue weighted by molar-refractivity contribution is -0.122. The third-order valence-corrected chi connectivity index (χ3v) is 10.8. The fraction of sp³-hybridized carbons (Fsp3) is 0.194. The first-order valence-corrected chi connectivity index (χ1v) is 16.0. The number of carbonyl (C=O) groups is 4. The SMILES string of the molecule is CCOC(=O)c1ccc(N2C(=O)C3Sc4c(sc(=O)n4CC(=O)Nc4ccccc4)C(c4cccc(Cl)c4Cl)C3C2=O)cc1. The molecule has 0 saturated carbocycles. The largest absolute Gasteiger partial charge is 0.462 e. The van der Waals surface area contributed by atoms with Gasteiger partial charge in [0.15, 0.2) is 0 Å². The number of imide groups is 1. The second kappa shape index (κ2) is 12.2. The van der Waals surface area contributed by atoms with E-state index in [-0.39, 0.29) is 28.8 Å². The third kappa shape index (κ3) is 5.34. The Labute approximate surface area is 269 Å². The number of hydrogen-bond donors (Lipinski definition) is 1. The summed E-state index contributed by atoms with van der Waals surface area (Å²) < 4.78 is 6.37. The molecule has 0 spiro atoms. The highest BCUT2D eigenvalue weighted by Crippen LogP contribution is 2.55. The first-order valence-electron chi connectivity index (χ1n) is 13.5. The van der Waals surface area contributed by atoms with Crippen LogP contribution >= 0.6 is 46.3 Å². The van der Waals surface area contributed by atoms with Crippen LogP contribution in [0.25, 0.3) is 0 Å². The maximum Gasteiger partial charge on any atom is 0.338 e. The van der Waals surface area contributed by atoms with Gasteiger partial charge in [0.2, 0.25) is 17.7 Å². The Morgan fingerprint density at radius 2 is 1.66 bits per heavy atom. The Morgan fingerprint density at radius 3 is 2.36 bits per heavy atom. The molecular formula is C31H23Cl2N3O6S2. The highest BCUT2D eigenvalue weighted by molar-refractivity contribution is 8.00. The third-order valence-electron chi connectivity index (χ3n) is 7.36. The summed E-state index contributed by atoms with van der Waals surface area (Å²) in [4.78, 5) is 67.8. The Morgan fingerprint density at radius 1 is 0.932 bits per heavy atom. The van der Waals surface area contributed by atoms with Crippen LogP contribution in [0.3, 0.4) is 0 Å². The van der Waals surface area contributed by atoms with E-state index < -0.39 is 45.6 Å². The van der Waals surface area contributed by atoms with E-state index in [0.29, 0.717) is 26.8 Å². The molecule has 2 aliphatic heterocycles. The number of nitrogens with zero attached hydrogens (tertiary/aromatic N) is 2. The van der Waals surface area contributed by atoms with Gasteiger partial charge < -0.3 is 10.1 Å². The quantitative estimate of drug-likeness (QED) is 0.195. The predicted molar refractivity (Wildman–Crippen MR) is 170 cm³/mol. The maximum atomic E-state index is 14.1. The molecule has 4 aromatic rings. The van der Waals surface area contributed by atoms with E-state index in [0.717, 1.165) is 28.0 Å². The van der Waals surface area contributed by atoms with Crippen LogP contribution in [0.5, 0.6) is 0 Å². The predicted octanol–water partition coefficient (Wildman–Crippen LogP) is 5.83. The maximum absolute atomic E-state index is 14.1. The fourth-order valence-corrected chi connectivity index (χ4v) is 8.62. The summed E-state index contributed by atoms with van der Waals surface area (Å²) in [6, 6.07) is 19.9. The van der Waals surface area contributed by atoms with E-state index in [1.54, 1.807) is 49.4 Å². The zero-order valence-corrected chi connectivity index (χ0v) is 26.1. The smallest absolute Gasteiger partial charge is 0.338 e.